The summed E-state index contributed by atoms with van der Waals surface area (Å²) in [6, 6.07) is 14.4. The molecule has 0 bridgehead atoms. The normalized spacial score (nSPS) is 10.6. The fourth-order valence-corrected chi connectivity index (χ4v) is 2.47. The second-order valence-corrected chi connectivity index (χ2v) is 5.82. The summed E-state index contributed by atoms with van der Waals surface area (Å²) in [6.45, 7) is 2.46. The topological polar surface area (TPSA) is 82.6 Å². The van der Waals surface area contributed by atoms with Gasteiger partial charge in [0, 0.05) is 24.2 Å². The van der Waals surface area contributed by atoms with Crippen LogP contribution in [0.1, 0.15) is 12.5 Å². The second-order valence-electron chi connectivity index (χ2n) is 5.82. The first kappa shape index (κ1) is 19.9. The van der Waals surface area contributed by atoms with Crippen molar-refractivity contribution in [2.24, 2.45) is 0 Å². The number of ether oxygens (including phenoxy) is 3. The average Bonchev–Trinajstić information content (AvgIpc) is 2.75. The summed E-state index contributed by atoms with van der Waals surface area (Å²) in [7, 11) is 1.58. The molecular formula is C22H21N3O4. The molecule has 0 fully saturated rings. The van der Waals surface area contributed by atoms with Crippen molar-refractivity contribution >= 4 is 17.7 Å². The fraction of sp³-hybridized carbons (Fsp3) is 0.136. The Morgan fingerprint density at radius 1 is 1.07 bits per heavy atom. The molecule has 1 heterocycles. The lowest BCUT2D eigenvalue weighted by molar-refractivity contribution is -0.111. The van der Waals surface area contributed by atoms with Gasteiger partial charge in [0.25, 0.3) is 0 Å². The van der Waals surface area contributed by atoms with Crippen molar-refractivity contribution in [2.45, 2.75) is 6.92 Å². The standard InChI is InChI=1S/C22H21N3O4/c1-3-28-19-11-5-16(15-20(19)27-2)6-12-21(26)25-17-7-9-18(10-8-17)29-22-23-13-4-14-24-22/h4-15H,3H2,1-2H3,(H,25,26)/b12-6+. The number of amides is 1. The molecule has 0 radical (unpaired) electrons. The van der Waals surface area contributed by atoms with Gasteiger partial charge >= 0.3 is 6.01 Å². The Morgan fingerprint density at radius 2 is 1.83 bits per heavy atom. The van der Waals surface area contributed by atoms with Crippen LogP contribution in [-0.2, 0) is 4.79 Å². The number of carbonyl (C=O) groups excluding carboxylic acids is 1. The van der Waals surface area contributed by atoms with Crippen LogP contribution in [0.4, 0.5) is 5.69 Å². The number of carbonyl (C=O) groups is 1. The van der Waals surface area contributed by atoms with E-state index in [-0.39, 0.29) is 11.9 Å². The lowest BCUT2D eigenvalue weighted by Crippen LogP contribution is -2.07. The smallest absolute Gasteiger partial charge is 0.321 e. The Hall–Kier alpha value is -3.87. The molecule has 1 aromatic heterocycles. The number of rotatable bonds is 8. The molecule has 3 rings (SSSR count). The van der Waals surface area contributed by atoms with Gasteiger partial charge in [0.15, 0.2) is 11.5 Å². The van der Waals surface area contributed by atoms with Gasteiger partial charge in [0.2, 0.25) is 5.91 Å². The molecule has 29 heavy (non-hydrogen) atoms. The van der Waals surface area contributed by atoms with Crippen LogP contribution < -0.4 is 19.5 Å². The Balaban J connectivity index is 1.59. The van der Waals surface area contributed by atoms with Crippen molar-refractivity contribution in [3.05, 3.63) is 72.6 Å². The highest BCUT2D eigenvalue weighted by Crippen LogP contribution is 2.28. The summed E-state index contributed by atoms with van der Waals surface area (Å²) >= 11 is 0. The first-order chi connectivity index (χ1) is 14.2. The maximum absolute atomic E-state index is 12.2. The summed E-state index contributed by atoms with van der Waals surface area (Å²) in [5.41, 5.74) is 1.47. The van der Waals surface area contributed by atoms with Crippen LogP contribution in [0, 0.1) is 0 Å². The van der Waals surface area contributed by atoms with Crippen molar-refractivity contribution in [3.63, 3.8) is 0 Å². The van der Waals surface area contributed by atoms with E-state index < -0.39 is 0 Å². The minimum atomic E-state index is -0.252. The molecule has 2 aromatic carbocycles. The van der Waals surface area contributed by atoms with Gasteiger partial charge in [0.1, 0.15) is 5.75 Å². The lowest BCUT2D eigenvalue weighted by Gasteiger charge is -2.09. The van der Waals surface area contributed by atoms with Crippen LogP contribution in [0.25, 0.3) is 6.08 Å². The number of anilines is 1. The molecule has 7 nitrogen and oxygen atoms in total. The third-order valence-corrected chi connectivity index (χ3v) is 3.79. The van der Waals surface area contributed by atoms with E-state index in [2.05, 4.69) is 15.3 Å². The van der Waals surface area contributed by atoms with Gasteiger partial charge in [-0.1, -0.05) is 6.07 Å². The van der Waals surface area contributed by atoms with Crippen molar-refractivity contribution < 1.29 is 19.0 Å². The number of hydrogen-bond donors (Lipinski definition) is 1. The SMILES string of the molecule is CCOc1ccc(/C=C/C(=O)Nc2ccc(Oc3ncccn3)cc2)cc1OC. The van der Waals surface area contributed by atoms with E-state index in [1.807, 2.05) is 25.1 Å². The van der Waals surface area contributed by atoms with Crippen molar-refractivity contribution in [1.29, 1.82) is 0 Å². The highest BCUT2D eigenvalue weighted by atomic mass is 16.5. The first-order valence-electron chi connectivity index (χ1n) is 9.03. The molecule has 0 atom stereocenters. The molecule has 0 aliphatic heterocycles. The number of nitrogens with zero attached hydrogens (tertiary/aromatic N) is 2. The van der Waals surface area contributed by atoms with Gasteiger partial charge in [-0.3, -0.25) is 4.79 Å². The molecule has 0 spiro atoms. The van der Waals surface area contributed by atoms with E-state index in [0.717, 1.165) is 5.56 Å². The van der Waals surface area contributed by atoms with E-state index >= 15 is 0 Å². The van der Waals surface area contributed by atoms with Crippen LogP contribution in [-0.4, -0.2) is 29.6 Å². The van der Waals surface area contributed by atoms with E-state index in [9.17, 15) is 4.79 Å². The molecule has 1 amide bonds. The molecule has 1 N–H and O–H groups in total. The number of benzene rings is 2. The number of hydrogen-bond acceptors (Lipinski definition) is 6. The Labute approximate surface area is 169 Å². The molecule has 0 unspecified atom stereocenters. The van der Waals surface area contributed by atoms with E-state index in [4.69, 9.17) is 14.2 Å². The third-order valence-electron chi connectivity index (χ3n) is 3.79. The maximum atomic E-state index is 12.2. The minimum Gasteiger partial charge on any atom is -0.493 e. The maximum Gasteiger partial charge on any atom is 0.321 e. The Bertz CT molecular complexity index is 973. The molecule has 0 aliphatic carbocycles. The predicted octanol–water partition coefficient (Wildman–Crippen LogP) is 4.33. The average molecular weight is 391 g/mol. The zero-order chi connectivity index (χ0) is 20.5. The van der Waals surface area contributed by atoms with Gasteiger partial charge < -0.3 is 19.5 Å². The van der Waals surface area contributed by atoms with Crippen molar-refractivity contribution in [1.82, 2.24) is 9.97 Å². The van der Waals surface area contributed by atoms with Crippen LogP contribution in [0.2, 0.25) is 0 Å². The van der Waals surface area contributed by atoms with Crippen molar-refractivity contribution in [3.8, 4) is 23.3 Å². The number of nitrogens with one attached hydrogen (secondary N) is 1. The zero-order valence-corrected chi connectivity index (χ0v) is 16.2. The zero-order valence-electron chi connectivity index (χ0n) is 16.2. The van der Waals surface area contributed by atoms with Gasteiger partial charge in [-0.15, -0.1) is 0 Å². The van der Waals surface area contributed by atoms with Crippen LogP contribution in [0.3, 0.4) is 0 Å². The van der Waals surface area contributed by atoms with E-state index in [1.54, 1.807) is 55.9 Å². The molecule has 3 aromatic rings. The van der Waals surface area contributed by atoms with E-state index in [0.29, 0.717) is 29.5 Å². The lowest BCUT2D eigenvalue weighted by atomic mass is 10.2. The van der Waals surface area contributed by atoms with Gasteiger partial charge in [-0.25, -0.2) is 9.97 Å². The summed E-state index contributed by atoms with van der Waals surface area (Å²) in [5.74, 6) is 1.61. The Kier molecular flexibility index (Phi) is 6.78. The minimum absolute atomic E-state index is 0.252. The fourth-order valence-electron chi connectivity index (χ4n) is 2.47. The first-order valence-corrected chi connectivity index (χ1v) is 9.03. The number of methoxy groups -OCH3 is 1. The third kappa shape index (κ3) is 5.80. The highest BCUT2D eigenvalue weighted by Gasteiger charge is 2.05. The quantitative estimate of drug-likeness (QED) is 0.576. The molecular weight excluding hydrogens is 370 g/mol. The molecule has 0 saturated carbocycles. The summed E-state index contributed by atoms with van der Waals surface area (Å²) in [6.07, 6.45) is 6.36. The van der Waals surface area contributed by atoms with E-state index in [1.165, 1.54) is 6.08 Å². The second kappa shape index (κ2) is 9.89. The van der Waals surface area contributed by atoms with Crippen LogP contribution >= 0.6 is 0 Å². The highest BCUT2D eigenvalue weighted by molar-refractivity contribution is 6.02. The van der Waals surface area contributed by atoms with Crippen molar-refractivity contribution in [2.75, 3.05) is 19.0 Å². The van der Waals surface area contributed by atoms with Gasteiger partial charge in [0.05, 0.1) is 13.7 Å². The largest absolute Gasteiger partial charge is 0.493 e. The van der Waals surface area contributed by atoms with Crippen LogP contribution in [0.15, 0.2) is 67.0 Å². The predicted molar refractivity (Wildman–Crippen MR) is 110 cm³/mol. The monoisotopic (exact) mass is 391 g/mol. The number of aromatic nitrogens is 2. The Morgan fingerprint density at radius 3 is 2.52 bits per heavy atom. The summed E-state index contributed by atoms with van der Waals surface area (Å²) in [4.78, 5) is 20.2. The summed E-state index contributed by atoms with van der Waals surface area (Å²) < 4.78 is 16.3. The summed E-state index contributed by atoms with van der Waals surface area (Å²) in [5, 5.41) is 2.80. The van der Waals surface area contributed by atoms with Crippen LogP contribution in [0.5, 0.6) is 23.3 Å². The van der Waals surface area contributed by atoms with Gasteiger partial charge in [-0.2, -0.15) is 0 Å². The molecule has 0 saturated heterocycles. The molecule has 0 aliphatic rings. The molecule has 7 heteroatoms. The molecule has 148 valence electrons. The van der Waals surface area contributed by atoms with Gasteiger partial charge in [-0.05, 0) is 61.0 Å².